The normalized spacial score (nSPS) is 18.3. The highest BCUT2D eigenvalue weighted by Crippen LogP contribution is 2.34. The first-order valence-corrected chi connectivity index (χ1v) is 5.92. The van der Waals surface area contributed by atoms with Crippen molar-refractivity contribution in [1.29, 1.82) is 0 Å². The quantitative estimate of drug-likeness (QED) is 0.809. The van der Waals surface area contributed by atoms with Crippen molar-refractivity contribution in [3.05, 3.63) is 54.1 Å². The molecule has 2 nitrogen and oxygen atoms in total. The van der Waals surface area contributed by atoms with E-state index in [1.807, 2.05) is 24.3 Å². The summed E-state index contributed by atoms with van der Waals surface area (Å²) in [4.78, 5) is 0. The highest BCUT2D eigenvalue weighted by Gasteiger charge is 2.18. The van der Waals surface area contributed by atoms with Crippen LogP contribution in [0.1, 0.15) is 18.0 Å². The molecule has 0 spiro atoms. The Morgan fingerprint density at radius 3 is 2.65 bits per heavy atom. The van der Waals surface area contributed by atoms with Crippen molar-refractivity contribution < 1.29 is 4.74 Å². The van der Waals surface area contributed by atoms with E-state index in [1.165, 1.54) is 11.1 Å². The Morgan fingerprint density at radius 1 is 1.00 bits per heavy atom. The van der Waals surface area contributed by atoms with Gasteiger partial charge in [0.2, 0.25) is 0 Å². The van der Waals surface area contributed by atoms with Gasteiger partial charge < -0.3 is 10.5 Å². The molecule has 1 heterocycles. The summed E-state index contributed by atoms with van der Waals surface area (Å²) in [6, 6.07) is 16.7. The molecule has 0 amide bonds. The second-order valence-electron chi connectivity index (χ2n) is 4.36. The van der Waals surface area contributed by atoms with E-state index in [0.29, 0.717) is 0 Å². The zero-order valence-corrected chi connectivity index (χ0v) is 9.60. The Labute approximate surface area is 101 Å². The van der Waals surface area contributed by atoms with Crippen LogP contribution in [0, 0.1) is 0 Å². The van der Waals surface area contributed by atoms with Gasteiger partial charge in [0, 0.05) is 18.0 Å². The average molecular weight is 225 g/mol. The third kappa shape index (κ3) is 1.92. The Kier molecular flexibility index (Phi) is 2.57. The predicted octanol–water partition coefficient (Wildman–Crippen LogP) is 3.14. The van der Waals surface area contributed by atoms with E-state index in [1.54, 1.807) is 0 Å². The van der Waals surface area contributed by atoms with Gasteiger partial charge in [-0.05, 0) is 23.3 Å². The van der Waals surface area contributed by atoms with Crippen molar-refractivity contribution in [2.24, 2.45) is 5.73 Å². The average Bonchev–Trinajstić information content (AvgIpc) is 2.40. The van der Waals surface area contributed by atoms with Crippen molar-refractivity contribution in [1.82, 2.24) is 0 Å². The lowest BCUT2D eigenvalue weighted by Gasteiger charge is -2.23. The van der Waals surface area contributed by atoms with Crippen molar-refractivity contribution in [2.45, 2.75) is 12.5 Å². The molecule has 1 unspecified atom stereocenters. The summed E-state index contributed by atoms with van der Waals surface area (Å²) in [5, 5.41) is 0. The second kappa shape index (κ2) is 4.22. The van der Waals surface area contributed by atoms with E-state index >= 15 is 0 Å². The summed E-state index contributed by atoms with van der Waals surface area (Å²) in [5.74, 6) is 0.934. The Balaban J connectivity index is 2.06. The molecule has 0 saturated heterocycles. The van der Waals surface area contributed by atoms with Gasteiger partial charge in [0.25, 0.3) is 0 Å². The molecule has 1 atom stereocenters. The first-order valence-electron chi connectivity index (χ1n) is 5.92. The summed E-state index contributed by atoms with van der Waals surface area (Å²) >= 11 is 0. The van der Waals surface area contributed by atoms with Crippen LogP contribution in [0.5, 0.6) is 5.75 Å². The van der Waals surface area contributed by atoms with E-state index in [4.69, 9.17) is 10.5 Å². The van der Waals surface area contributed by atoms with Crippen molar-refractivity contribution in [3.63, 3.8) is 0 Å². The van der Waals surface area contributed by atoms with Crippen LogP contribution in [0.15, 0.2) is 48.5 Å². The second-order valence-corrected chi connectivity index (χ2v) is 4.36. The minimum absolute atomic E-state index is 0.0995. The predicted molar refractivity (Wildman–Crippen MR) is 68.9 cm³/mol. The molecular weight excluding hydrogens is 210 g/mol. The minimum atomic E-state index is 0.0995. The smallest absolute Gasteiger partial charge is 0.124 e. The van der Waals surface area contributed by atoms with Crippen LogP contribution in [0.3, 0.4) is 0 Å². The van der Waals surface area contributed by atoms with Crippen LogP contribution in [-0.4, -0.2) is 6.61 Å². The molecule has 3 rings (SSSR count). The number of ether oxygens (including phenoxy) is 1. The zero-order valence-electron chi connectivity index (χ0n) is 9.60. The maximum Gasteiger partial charge on any atom is 0.124 e. The standard InChI is InChI=1S/C15H15NO/c16-14-8-9-17-15-7-6-12(10-13(14)15)11-4-2-1-3-5-11/h1-7,10,14H,8-9,16H2. The van der Waals surface area contributed by atoms with Crippen LogP contribution >= 0.6 is 0 Å². The van der Waals surface area contributed by atoms with Gasteiger partial charge in [-0.15, -0.1) is 0 Å². The molecule has 2 aromatic carbocycles. The van der Waals surface area contributed by atoms with E-state index in [-0.39, 0.29) is 6.04 Å². The van der Waals surface area contributed by atoms with Gasteiger partial charge in [-0.3, -0.25) is 0 Å². The summed E-state index contributed by atoms with van der Waals surface area (Å²) in [7, 11) is 0. The molecule has 2 aromatic rings. The highest BCUT2D eigenvalue weighted by molar-refractivity contribution is 5.66. The van der Waals surface area contributed by atoms with Crippen molar-refractivity contribution in [2.75, 3.05) is 6.61 Å². The molecule has 86 valence electrons. The fraction of sp³-hybridized carbons (Fsp3) is 0.200. The first kappa shape index (κ1) is 10.4. The Bertz CT molecular complexity index is 522. The van der Waals surface area contributed by atoms with Crippen LogP contribution < -0.4 is 10.5 Å². The van der Waals surface area contributed by atoms with Crippen LogP contribution in [0.2, 0.25) is 0 Å². The maximum absolute atomic E-state index is 6.11. The summed E-state index contributed by atoms with van der Waals surface area (Å²) in [6.45, 7) is 0.721. The fourth-order valence-electron chi connectivity index (χ4n) is 2.23. The molecule has 17 heavy (non-hydrogen) atoms. The maximum atomic E-state index is 6.11. The van der Waals surface area contributed by atoms with Gasteiger partial charge in [0.1, 0.15) is 5.75 Å². The largest absolute Gasteiger partial charge is 0.493 e. The molecule has 1 aliphatic rings. The number of benzene rings is 2. The van der Waals surface area contributed by atoms with E-state index in [9.17, 15) is 0 Å². The lowest BCUT2D eigenvalue weighted by Crippen LogP contribution is -2.20. The molecule has 1 aliphatic heterocycles. The molecule has 0 radical (unpaired) electrons. The SMILES string of the molecule is NC1CCOc2ccc(-c3ccccc3)cc21. The molecule has 0 aliphatic carbocycles. The highest BCUT2D eigenvalue weighted by atomic mass is 16.5. The number of hydrogen-bond acceptors (Lipinski definition) is 2. The Morgan fingerprint density at radius 2 is 1.82 bits per heavy atom. The minimum Gasteiger partial charge on any atom is -0.493 e. The van der Waals surface area contributed by atoms with Crippen LogP contribution in [-0.2, 0) is 0 Å². The molecule has 0 saturated carbocycles. The number of hydrogen-bond donors (Lipinski definition) is 1. The lowest BCUT2D eigenvalue weighted by atomic mass is 9.96. The zero-order chi connectivity index (χ0) is 11.7. The number of rotatable bonds is 1. The number of fused-ring (bicyclic) bond motifs is 1. The fourth-order valence-corrected chi connectivity index (χ4v) is 2.23. The molecule has 0 bridgehead atoms. The molecule has 0 fully saturated rings. The Hall–Kier alpha value is -1.80. The van der Waals surface area contributed by atoms with Gasteiger partial charge in [-0.25, -0.2) is 0 Å². The molecule has 0 aromatic heterocycles. The summed E-state index contributed by atoms with van der Waals surface area (Å²) in [6.07, 6.45) is 0.894. The van der Waals surface area contributed by atoms with Gasteiger partial charge in [-0.1, -0.05) is 36.4 Å². The lowest BCUT2D eigenvalue weighted by molar-refractivity contribution is 0.269. The van der Waals surface area contributed by atoms with Gasteiger partial charge >= 0.3 is 0 Å². The molecule has 2 heteroatoms. The summed E-state index contributed by atoms with van der Waals surface area (Å²) < 4.78 is 5.60. The topological polar surface area (TPSA) is 35.2 Å². The van der Waals surface area contributed by atoms with Crippen molar-refractivity contribution >= 4 is 0 Å². The third-order valence-electron chi connectivity index (χ3n) is 3.20. The van der Waals surface area contributed by atoms with E-state index < -0.39 is 0 Å². The van der Waals surface area contributed by atoms with E-state index in [0.717, 1.165) is 24.3 Å². The van der Waals surface area contributed by atoms with Gasteiger partial charge in [0.15, 0.2) is 0 Å². The van der Waals surface area contributed by atoms with Crippen molar-refractivity contribution in [3.8, 4) is 16.9 Å². The molecular formula is C15H15NO. The van der Waals surface area contributed by atoms with Crippen LogP contribution in [0.25, 0.3) is 11.1 Å². The summed E-state index contributed by atoms with van der Waals surface area (Å²) in [5.41, 5.74) is 9.65. The van der Waals surface area contributed by atoms with Crippen LogP contribution in [0.4, 0.5) is 0 Å². The molecule has 2 N–H and O–H groups in total. The van der Waals surface area contributed by atoms with Gasteiger partial charge in [0.05, 0.1) is 6.61 Å². The van der Waals surface area contributed by atoms with Gasteiger partial charge in [-0.2, -0.15) is 0 Å². The number of nitrogens with two attached hydrogens (primary N) is 1. The third-order valence-corrected chi connectivity index (χ3v) is 3.20. The van der Waals surface area contributed by atoms with E-state index in [2.05, 4.69) is 24.3 Å². The monoisotopic (exact) mass is 225 g/mol. The first-order chi connectivity index (χ1) is 8.34.